The topological polar surface area (TPSA) is 26.0 Å². The normalized spacial score (nSPS) is 12.5. The molecule has 0 aliphatic rings. The molecule has 72 valence electrons. The first-order chi connectivity index (χ1) is 6.15. The molecule has 2 N–H and O–H groups in total. The second-order valence-corrected chi connectivity index (χ2v) is 4.49. The molecule has 0 aliphatic heterocycles. The fraction of sp³-hybridized carbons (Fsp3) is 0.455. The van der Waals surface area contributed by atoms with E-state index in [1.165, 1.54) is 16.0 Å². The van der Waals surface area contributed by atoms with Gasteiger partial charge in [-0.25, -0.2) is 0 Å². The summed E-state index contributed by atoms with van der Waals surface area (Å²) in [6.07, 6.45) is 2.23. The number of hydrogen-bond acceptors (Lipinski definition) is 2. The Morgan fingerprint density at radius 1 is 1.62 bits per heavy atom. The lowest BCUT2D eigenvalue weighted by Crippen LogP contribution is -2.07. The molecule has 0 fully saturated rings. The van der Waals surface area contributed by atoms with Gasteiger partial charge in [0, 0.05) is 11.4 Å². The Morgan fingerprint density at radius 3 is 2.69 bits per heavy atom. The maximum absolute atomic E-state index is 5.68. The van der Waals surface area contributed by atoms with Crippen LogP contribution in [0.15, 0.2) is 17.0 Å². The molecule has 2 heteroatoms. The summed E-state index contributed by atoms with van der Waals surface area (Å²) in [5.41, 5.74) is 8.35. The van der Waals surface area contributed by atoms with Gasteiger partial charge < -0.3 is 5.73 Å². The molecule has 0 unspecified atom stereocenters. The molecule has 0 spiro atoms. The largest absolute Gasteiger partial charge is 0.327 e. The van der Waals surface area contributed by atoms with Crippen molar-refractivity contribution in [2.24, 2.45) is 11.7 Å². The zero-order chi connectivity index (χ0) is 9.84. The van der Waals surface area contributed by atoms with Crippen LogP contribution in [0.2, 0.25) is 0 Å². The number of nitrogens with two attached hydrogens (primary N) is 1. The van der Waals surface area contributed by atoms with Gasteiger partial charge in [-0.2, -0.15) is 0 Å². The molecule has 0 bridgehead atoms. The van der Waals surface area contributed by atoms with Gasteiger partial charge in [0.25, 0.3) is 0 Å². The van der Waals surface area contributed by atoms with Crippen LogP contribution in [0.3, 0.4) is 0 Å². The fourth-order valence-electron chi connectivity index (χ4n) is 1.16. The van der Waals surface area contributed by atoms with Crippen LogP contribution in [0.25, 0.3) is 6.08 Å². The third-order valence-corrected chi connectivity index (χ3v) is 3.16. The Kier molecular flexibility index (Phi) is 3.70. The van der Waals surface area contributed by atoms with Gasteiger partial charge in [0.1, 0.15) is 0 Å². The van der Waals surface area contributed by atoms with Gasteiger partial charge in [-0.1, -0.05) is 19.4 Å². The van der Waals surface area contributed by atoms with Crippen LogP contribution in [0.1, 0.15) is 24.3 Å². The van der Waals surface area contributed by atoms with E-state index in [2.05, 4.69) is 38.3 Å². The first-order valence-corrected chi connectivity index (χ1v) is 5.47. The predicted molar refractivity (Wildman–Crippen MR) is 60.9 cm³/mol. The highest BCUT2D eigenvalue weighted by molar-refractivity contribution is 7.11. The van der Waals surface area contributed by atoms with Gasteiger partial charge in [0.2, 0.25) is 0 Å². The van der Waals surface area contributed by atoms with E-state index in [0.29, 0.717) is 12.5 Å². The molecule has 1 aromatic heterocycles. The Morgan fingerprint density at radius 2 is 2.31 bits per heavy atom. The highest BCUT2D eigenvalue weighted by Crippen LogP contribution is 2.21. The van der Waals surface area contributed by atoms with E-state index in [4.69, 9.17) is 5.73 Å². The van der Waals surface area contributed by atoms with E-state index in [9.17, 15) is 0 Å². The molecule has 1 aromatic rings. The third kappa shape index (κ3) is 2.68. The van der Waals surface area contributed by atoms with Crippen molar-refractivity contribution < 1.29 is 0 Å². The molecule has 13 heavy (non-hydrogen) atoms. The monoisotopic (exact) mass is 195 g/mol. The number of hydrogen-bond donors (Lipinski definition) is 1. The Balaban J connectivity index is 2.91. The van der Waals surface area contributed by atoms with Crippen LogP contribution < -0.4 is 5.73 Å². The third-order valence-electron chi connectivity index (χ3n) is 2.20. The Hall–Kier alpha value is -0.600. The highest BCUT2D eigenvalue weighted by Gasteiger charge is 2.02. The minimum absolute atomic E-state index is 0.548. The van der Waals surface area contributed by atoms with E-state index in [1.54, 1.807) is 11.3 Å². The van der Waals surface area contributed by atoms with Crippen LogP contribution in [0.4, 0.5) is 0 Å². The van der Waals surface area contributed by atoms with Crippen LogP contribution in [-0.4, -0.2) is 6.54 Å². The average Bonchev–Trinajstić information content (AvgIpc) is 2.46. The summed E-state index contributed by atoms with van der Waals surface area (Å²) in [4.78, 5) is 1.34. The van der Waals surface area contributed by atoms with E-state index in [-0.39, 0.29) is 0 Å². The first kappa shape index (κ1) is 10.5. The van der Waals surface area contributed by atoms with Gasteiger partial charge in [-0.15, -0.1) is 11.3 Å². The maximum Gasteiger partial charge on any atom is 0.0299 e. The smallest absolute Gasteiger partial charge is 0.0299 e. The Bertz CT molecular complexity index is 297. The van der Waals surface area contributed by atoms with E-state index < -0.39 is 0 Å². The highest BCUT2D eigenvalue weighted by atomic mass is 32.1. The minimum atomic E-state index is 0.548. The molecule has 0 atom stereocenters. The summed E-state index contributed by atoms with van der Waals surface area (Å²) >= 11 is 1.78. The van der Waals surface area contributed by atoms with Gasteiger partial charge in [0.15, 0.2) is 0 Å². The van der Waals surface area contributed by atoms with Crippen molar-refractivity contribution in [3.05, 3.63) is 27.5 Å². The van der Waals surface area contributed by atoms with Crippen molar-refractivity contribution in [3.8, 4) is 0 Å². The summed E-state index contributed by atoms with van der Waals surface area (Å²) in [5.74, 6) is 0.548. The molecule has 0 amide bonds. The molecule has 1 nitrogen and oxygen atoms in total. The van der Waals surface area contributed by atoms with Crippen LogP contribution in [0.5, 0.6) is 0 Å². The second-order valence-electron chi connectivity index (χ2n) is 3.55. The summed E-state index contributed by atoms with van der Waals surface area (Å²) in [6.45, 7) is 7.16. The fourth-order valence-corrected chi connectivity index (χ4v) is 2.05. The van der Waals surface area contributed by atoms with Crippen molar-refractivity contribution in [2.75, 3.05) is 6.54 Å². The zero-order valence-corrected chi connectivity index (χ0v) is 9.32. The number of aryl methyl sites for hydroxylation is 1. The molecular weight excluding hydrogens is 178 g/mol. The van der Waals surface area contributed by atoms with Crippen LogP contribution in [0, 0.1) is 12.8 Å². The molecule has 0 radical (unpaired) electrons. The van der Waals surface area contributed by atoms with Crippen molar-refractivity contribution in [1.82, 2.24) is 0 Å². The van der Waals surface area contributed by atoms with Crippen molar-refractivity contribution in [1.29, 1.82) is 0 Å². The van der Waals surface area contributed by atoms with Crippen molar-refractivity contribution in [3.63, 3.8) is 0 Å². The van der Waals surface area contributed by atoms with Gasteiger partial charge >= 0.3 is 0 Å². The van der Waals surface area contributed by atoms with E-state index >= 15 is 0 Å². The summed E-state index contributed by atoms with van der Waals surface area (Å²) in [7, 11) is 0. The molecule has 1 rings (SSSR count). The standard InChI is InChI=1S/C11H17NS/c1-8(2)10(7-12)6-11-9(3)4-5-13-11/h4-6,8H,7,12H2,1-3H3/b10-6+. The van der Waals surface area contributed by atoms with Gasteiger partial charge in [0.05, 0.1) is 0 Å². The van der Waals surface area contributed by atoms with Crippen LogP contribution >= 0.6 is 11.3 Å². The van der Waals surface area contributed by atoms with Gasteiger partial charge in [-0.05, 0) is 35.9 Å². The lowest BCUT2D eigenvalue weighted by atomic mass is 10.0. The molecule has 0 saturated carbocycles. The van der Waals surface area contributed by atoms with Crippen molar-refractivity contribution in [2.45, 2.75) is 20.8 Å². The molecule has 0 aromatic carbocycles. The predicted octanol–water partition coefficient (Wildman–Crippen LogP) is 3.05. The molecular formula is C11H17NS. The Labute approximate surface area is 84.3 Å². The zero-order valence-electron chi connectivity index (χ0n) is 8.50. The summed E-state index contributed by atoms with van der Waals surface area (Å²) in [5, 5.41) is 2.12. The molecule has 1 heterocycles. The van der Waals surface area contributed by atoms with Crippen molar-refractivity contribution >= 4 is 17.4 Å². The second kappa shape index (κ2) is 4.58. The minimum Gasteiger partial charge on any atom is -0.327 e. The average molecular weight is 195 g/mol. The first-order valence-electron chi connectivity index (χ1n) is 4.59. The summed E-state index contributed by atoms with van der Waals surface area (Å²) in [6, 6.07) is 2.14. The van der Waals surface area contributed by atoms with E-state index in [1.807, 2.05) is 0 Å². The van der Waals surface area contributed by atoms with Crippen LogP contribution in [-0.2, 0) is 0 Å². The van der Waals surface area contributed by atoms with E-state index in [0.717, 1.165) is 0 Å². The number of rotatable bonds is 3. The summed E-state index contributed by atoms with van der Waals surface area (Å²) < 4.78 is 0. The molecule has 0 saturated heterocycles. The lowest BCUT2D eigenvalue weighted by Gasteiger charge is -2.07. The SMILES string of the molecule is Cc1ccsc1/C=C(\CN)C(C)C. The number of thiophene rings is 1. The van der Waals surface area contributed by atoms with Gasteiger partial charge in [-0.3, -0.25) is 0 Å². The maximum atomic E-state index is 5.68. The lowest BCUT2D eigenvalue weighted by molar-refractivity contribution is 0.753. The molecule has 0 aliphatic carbocycles. The quantitative estimate of drug-likeness (QED) is 0.788.